The minimum atomic E-state index is -0.157. The van der Waals surface area contributed by atoms with E-state index in [0.717, 1.165) is 0 Å². The van der Waals surface area contributed by atoms with E-state index in [1.165, 1.54) is 0 Å². The molecule has 0 aromatic heterocycles. The lowest BCUT2D eigenvalue weighted by atomic mass is 10.5. The summed E-state index contributed by atoms with van der Waals surface area (Å²) in [5.74, 6) is -0.157. The monoisotopic (exact) mass is 81.0 g/mol. The second kappa shape index (κ2) is 1.12. The van der Waals surface area contributed by atoms with Crippen LogP contribution in [0.15, 0.2) is 12.3 Å². The van der Waals surface area contributed by atoms with Crippen LogP contribution in [0.1, 0.15) is 0 Å². The van der Waals surface area contributed by atoms with Crippen LogP contribution in [0, 0.1) is 6.42 Å². The highest BCUT2D eigenvalue weighted by Gasteiger charge is 1.99. The Bertz CT molecular complexity index is 85.7. The van der Waals surface area contributed by atoms with Crippen molar-refractivity contribution in [2.75, 3.05) is 0 Å². The minimum absolute atomic E-state index is 0.157. The van der Waals surface area contributed by atoms with E-state index in [1.807, 2.05) is 0 Å². The molecule has 1 aliphatic rings. The van der Waals surface area contributed by atoms with Gasteiger partial charge in [0.05, 0.1) is 0 Å². The number of amides is 1. The molecule has 1 rings (SSSR count). The standard InChI is InChI=1S/C4H3NO/c6-4-2-1-3-5-4/h1,3H,(H,5,6). The van der Waals surface area contributed by atoms with Gasteiger partial charge in [0, 0.05) is 6.20 Å². The molecule has 1 aliphatic heterocycles. The first-order valence-corrected chi connectivity index (χ1v) is 1.61. The molecular weight excluding hydrogens is 78.0 g/mol. The zero-order valence-electron chi connectivity index (χ0n) is 3.06. The van der Waals surface area contributed by atoms with E-state index in [4.69, 9.17) is 0 Å². The zero-order valence-corrected chi connectivity index (χ0v) is 3.06. The molecule has 6 heavy (non-hydrogen) atoms. The molecule has 0 atom stereocenters. The molecule has 0 fully saturated rings. The normalized spacial score (nSPS) is 18.3. The van der Waals surface area contributed by atoms with Crippen molar-refractivity contribution in [2.24, 2.45) is 0 Å². The maximum Gasteiger partial charge on any atom is 0.236 e. The minimum Gasteiger partial charge on any atom is -0.332 e. The molecule has 0 saturated heterocycles. The van der Waals surface area contributed by atoms with Crippen molar-refractivity contribution in [1.29, 1.82) is 0 Å². The fraction of sp³-hybridized carbons (Fsp3) is 0. The average molecular weight is 81.1 g/mol. The van der Waals surface area contributed by atoms with Crippen LogP contribution < -0.4 is 5.32 Å². The van der Waals surface area contributed by atoms with Crippen molar-refractivity contribution < 1.29 is 4.79 Å². The van der Waals surface area contributed by atoms with Gasteiger partial charge in [0.15, 0.2) is 0 Å². The van der Waals surface area contributed by atoms with E-state index < -0.39 is 0 Å². The van der Waals surface area contributed by atoms with Gasteiger partial charge < -0.3 is 5.32 Å². The van der Waals surface area contributed by atoms with Crippen LogP contribution in [-0.2, 0) is 4.79 Å². The van der Waals surface area contributed by atoms with Crippen LogP contribution in [0.25, 0.3) is 0 Å². The van der Waals surface area contributed by atoms with Crippen LogP contribution in [0.3, 0.4) is 0 Å². The Balaban J connectivity index is 2.52. The van der Waals surface area contributed by atoms with Crippen LogP contribution in [0.2, 0.25) is 0 Å². The van der Waals surface area contributed by atoms with E-state index in [-0.39, 0.29) is 5.91 Å². The molecule has 1 heterocycles. The van der Waals surface area contributed by atoms with Crippen molar-refractivity contribution in [1.82, 2.24) is 5.32 Å². The Kier molecular flexibility index (Phi) is 0.638. The molecule has 0 spiro atoms. The molecule has 0 aliphatic carbocycles. The fourth-order valence-corrected chi connectivity index (χ4v) is 0.276. The number of hydrogen-bond donors (Lipinski definition) is 1. The van der Waals surface area contributed by atoms with Crippen LogP contribution >= 0.6 is 0 Å². The summed E-state index contributed by atoms with van der Waals surface area (Å²) in [5.41, 5.74) is 0. The SMILES string of the molecule is O=C1[C]C=CN1. The number of rotatable bonds is 0. The van der Waals surface area contributed by atoms with E-state index in [9.17, 15) is 4.79 Å². The zero-order chi connectivity index (χ0) is 4.41. The molecule has 2 heteroatoms. The van der Waals surface area contributed by atoms with Gasteiger partial charge in [-0.15, -0.1) is 0 Å². The van der Waals surface area contributed by atoms with Gasteiger partial charge >= 0.3 is 0 Å². The summed E-state index contributed by atoms with van der Waals surface area (Å²) in [4.78, 5) is 9.96. The first-order valence-electron chi connectivity index (χ1n) is 1.61. The molecule has 0 aromatic carbocycles. The van der Waals surface area contributed by atoms with Gasteiger partial charge in [-0.1, -0.05) is 0 Å². The molecular formula is C4H3NO. The quantitative estimate of drug-likeness (QED) is 0.426. The Labute approximate surface area is 35.9 Å². The summed E-state index contributed by atoms with van der Waals surface area (Å²) in [5, 5.41) is 2.39. The lowest BCUT2D eigenvalue weighted by molar-refractivity contribution is -0.116. The van der Waals surface area contributed by atoms with Gasteiger partial charge in [-0.05, 0) is 6.08 Å². The summed E-state index contributed by atoms with van der Waals surface area (Å²) in [7, 11) is 0. The molecule has 0 unspecified atom stereocenters. The number of hydrogen-bond acceptors (Lipinski definition) is 1. The second-order valence-electron chi connectivity index (χ2n) is 0.951. The third-order valence-electron chi connectivity index (χ3n) is 0.512. The van der Waals surface area contributed by atoms with Crippen molar-refractivity contribution in [3.05, 3.63) is 18.7 Å². The number of carbonyl (C=O) groups excluding carboxylic acids is 1. The van der Waals surface area contributed by atoms with E-state index in [1.54, 1.807) is 12.3 Å². The second-order valence-corrected chi connectivity index (χ2v) is 0.951. The topological polar surface area (TPSA) is 29.1 Å². The lowest BCUT2D eigenvalue weighted by Crippen LogP contribution is -2.08. The largest absolute Gasteiger partial charge is 0.332 e. The van der Waals surface area contributed by atoms with E-state index in [0.29, 0.717) is 0 Å². The molecule has 30 valence electrons. The van der Waals surface area contributed by atoms with Gasteiger partial charge in [-0.2, -0.15) is 0 Å². The van der Waals surface area contributed by atoms with Crippen LogP contribution in [-0.4, -0.2) is 5.91 Å². The molecule has 0 aromatic rings. The molecule has 0 saturated carbocycles. The molecule has 2 radical (unpaired) electrons. The summed E-state index contributed by atoms with van der Waals surface area (Å²) in [6, 6.07) is 0. The van der Waals surface area contributed by atoms with Crippen LogP contribution in [0.4, 0.5) is 0 Å². The highest BCUT2D eigenvalue weighted by Crippen LogP contribution is 1.85. The van der Waals surface area contributed by atoms with Crippen LogP contribution in [0.5, 0.6) is 0 Å². The Morgan fingerprint density at radius 1 is 1.83 bits per heavy atom. The highest BCUT2D eigenvalue weighted by molar-refractivity contribution is 5.90. The Hall–Kier alpha value is -0.790. The molecule has 1 amide bonds. The van der Waals surface area contributed by atoms with E-state index in [2.05, 4.69) is 11.7 Å². The first kappa shape index (κ1) is 3.40. The average Bonchev–Trinajstić information content (AvgIpc) is 1.86. The van der Waals surface area contributed by atoms with Crippen molar-refractivity contribution >= 4 is 5.91 Å². The number of nitrogens with one attached hydrogen (secondary N) is 1. The molecule has 1 N–H and O–H groups in total. The fourth-order valence-electron chi connectivity index (χ4n) is 0.276. The Morgan fingerprint density at radius 3 is 2.83 bits per heavy atom. The van der Waals surface area contributed by atoms with Gasteiger partial charge in [-0.25, -0.2) is 0 Å². The predicted molar refractivity (Wildman–Crippen MR) is 20.5 cm³/mol. The smallest absolute Gasteiger partial charge is 0.236 e. The lowest BCUT2D eigenvalue weighted by Gasteiger charge is -1.77. The summed E-state index contributed by atoms with van der Waals surface area (Å²) in [6.45, 7) is 0. The van der Waals surface area contributed by atoms with E-state index >= 15 is 0 Å². The van der Waals surface area contributed by atoms with Crippen molar-refractivity contribution in [3.8, 4) is 0 Å². The van der Waals surface area contributed by atoms with Crippen molar-refractivity contribution in [3.63, 3.8) is 0 Å². The maximum atomic E-state index is 9.96. The molecule has 0 bridgehead atoms. The van der Waals surface area contributed by atoms with Crippen molar-refractivity contribution in [2.45, 2.75) is 0 Å². The first-order chi connectivity index (χ1) is 2.89. The summed E-state index contributed by atoms with van der Waals surface area (Å²) >= 11 is 0. The maximum absolute atomic E-state index is 9.96. The molecule has 2 nitrogen and oxygen atoms in total. The number of carbonyl (C=O) groups is 1. The third kappa shape index (κ3) is 0.407. The predicted octanol–water partition coefficient (Wildman–Crippen LogP) is -0.289. The highest BCUT2D eigenvalue weighted by atomic mass is 16.1. The summed E-state index contributed by atoms with van der Waals surface area (Å²) in [6.07, 6.45) is 5.48. The third-order valence-corrected chi connectivity index (χ3v) is 0.512. The van der Waals surface area contributed by atoms with Gasteiger partial charge in [-0.3, -0.25) is 4.79 Å². The van der Waals surface area contributed by atoms with Gasteiger partial charge in [0.2, 0.25) is 5.91 Å². The van der Waals surface area contributed by atoms with Gasteiger partial charge in [0.25, 0.3) is 0 Å². The Morgan fingerprint density at radius 2 is 2.67 bits per heavy atom. The van der Waals surface area contributed by atoms with Gasteiger partial charge in [0.1, 0.15) is 6.42 Å². The summed E-state index contributed by atoms with van der Waals surface area (Å²) < 4.78 is 0.